The molecule has 0 saturated carbocycles. The minimum absolute atomic E-state index is 0.0107. The first-order valence-corrected chi connectivity index (χ1v) is 5.84. The largest absolute Gasteiger partial charge is 0.480 e. The Labute approximate surface area is 113 Å². The van der Waals surface area contributed by atoms with Crippen LogP contribution in [0.5, 0.6) is 0 Å². The number of rotatable bonds is 5. The molecule has 0 unspecified atom stereocenters. The van der Waals surface area contributed by atoms with E-state index < -0.39 is 16.9 Å². The van der Waals surface area contributed by atoms with Crippen molar-refractivity contribution in [2.75, 3.05) is 0 Å². The van der Waals surface area contributed by atoms with E-state index in [0.29, 0.717) is 22.0 Å². The van der Waals surface area contributed by atoms with Gasteiger partial charge in [0, 0.05) is 12.6 Å². The van der Waals surface area contributed by atoms with Gasteiger partial charge in [0.2, 0.25) is 0 Å². The Morgan fingerprint density at radius 2 is 2.30 bits per heavy atom. The number of aromatic nitrogens is 1. The average molecular weight is 275 g/mol. The Morgan fingerprint density at radius 3 is 2.85 bits per heavy atom. The Kier molecular flexibility index (Phi) is 3.53. The van der Waals surface area contributed by atoms with Crippen LogP contribution in [-0.4, -0.2) is 27.0 Å². The number of carbonyl (C=O) groups is 1. The predicted molar refractivity (Wildman–Crippen MR) is 74.4 cm³/mol. The second-order valence-electron chi connectivity index (χ2n) is 4.35. The zero-order valence-electron chi connectivity index (χ0n) is 10.5. The van der Waals surface area contributed by atoms with Crippen LogP contribution in [0.25, 0.3) is 17.0 Å². The van der Waals surface area contributed by atoms with Crippen LogP contribution < -0.4 is 5.73 Å². The maximum Gasteiger partial charge on any atom is 0.320 e. The van der Waals surface area contributed by atoms with E-state index in [4.69, 9.17) is 10.8 Å². The molecule has 0 aliphatic rings. The molecule has 4 N–H and O–H groups in total. The van der Waals surface area contributed by atoms with Crippen LogP contribution in [0.1, 0.15) is 11.1 Å². The Bertz CT molecular complexity index is 705. The number of hydrogen-bond acceptors (Lipinski definition) is 4. The molecule has 0 fully saturated rings. The molecule has 1 aromatic carbocycles. The van der Waals surface area contributed by atoms with E-state index in [0.717, 1.165) is 0 Å². The van der Waals surface area contributed by atoms with Crippen LogP contribution in [0.4, 0.5) is 5.69 Å². The number of benzene rings is 1. The fourth-order valence-corrected chi connectivity index (χ4v) is 2.14. The number of carboxylic acid groups (broad SMARTS) is 1. The van der Waals surface area contributed by atoms with Crippen LogP contribution in [0.2, 0.25) is 0 Å². The maximum absolute atomic E-state index is 11.3. The Morgan fingerprint density at radius 1 is 1.60 bits per heavy atom. The lowest BCUT2D eigenvalue weighted by Crippen LogP contribution is -2.32. The smallest absolute Gasteiger partial charge is 0.320 e. The molecule has 2 rings (SSSR count). The molecule has 0 bridgehead atoms. The summed E-state index contributed by atoms with van der Waals surface area (Å²) < 4.78 is 0. The van der Waals surface area contributed by atoms with Crippen LogP contribution >= 0.6 is 0 Å². The molecule has 0 saturated heterocycles. The van der Waals surface area contributed by atoms with Gasteiger partial charge in [0.1, 0.15) is 6.04 Å². The van der Waals surface area contributed by atoms with Crippen molar-refractivity contribution in [3.8, 4) is 0 Å². The summed E-state index contributed by atoms with van der Waals surface area (Å²) in [5, 5.41) is 20.5. The molecule has 20 heavy (non-hydrogen) atoms. The minimum atomic E-state index is -1.15. The molecular formula is C13H13N3O4. The van der Waals surface area contributed by atoms with Gasteiger partial charge < -0.3 is 15.8 Å². The van der Waals surface area contributed by atoms with Gasteiger partial charge in [0.25, 0.3) is 5.69 Å². The van der Waals surface area contributed by atoms with Gasteiger partial charge in [-0.1, -0.05) is 12.7 Å². The van der Waals surface area contributed by atoms with Gasteiger partial charge >= 0.3 is 5.97 Å². The number of H-pyrrole nitrogens is 1. The molecular weight excluding hydrogens is 262 g/mol. The molecule has 104 valence electrons. The van der Waals surface area contributed by atoms with Gasteiger partial charge in [0.15, 0.2) is 0 Å². The topological polar surface area (TPSA) is 122 Å². The number of carboxylic acids is 1. The molecule has 7 heteroatoms. The Balaban J connectivity index is 2.65. The van der Waals surface area contributed by atoms with E-state index in [1.807, 2.05) is 0 Å². The summed E-state index contributed by atoms with van der Waals surface area (Å²) in [5.74, 6) is -1.15. The summed E-state index contributed by atoms with van der Waals surface area (Å²) in [4.78, 5) is 24.5. The number of hydrogen-bond donors (Lipinski definition) is 3. The third-order valence-electron chi connectivity index (χ3n) is 3.09. The molecule has 1 heterocycles. The minimum Gasteiger partial charge on any atom is -0.480 e. The number of nitrogens with zero attached hydrogens (tertiary/aromatic N) is 1. The summed E-state index contributed by atoms with van der Waals surface area (Å²) in [6, 6.07) is 2.17. The number of nitrogens with two attached hydrogens (primary N) is 1. The highest BCUT2D eigenvalue weighted by atomic mass is 16.6. The Hall–Kier alpha value is -2.67. The number of nitrogens with one attached hydrogen (secondary N) is 1. The van der Waals surface area contributed by atoms with E-state index in [1.54, 1.807) is 18.3 Å². The standard InChI is InChI=1S/C13H13N3O4/c1-2-7-3-4-10-11(12(7)16(19)20)8(6-15-10)5-9(14)13(17)18/h2-4,6,9,15H,1,5,14H2,(H,17,18)/t9-/m0/s1. The van der Waals surface area contributed by atoms with Crippen molar-refractivity contribution in [3.05, 3.63) is 46.1 Å². The first-order chi connectivity index (χ1) is 9.45. The van der Waals surface area contributed by atoms with Gasteiger partial charge in [-0.25, -0.2) is 0 Å². The van der Waals surface area contributed by atoms with Crippen molar-refractivity contribution >= 4 is 28.6 Å². The highest BCUT2D eigenvalue weighted by Gasteiger charge is 2.23. The number of aliphatic carboxylic acids is 1. The fourth-order valence-electron chi connectivity index (χ4n) is 2.14. The SMILES string of the molecule is C=Cc1ccc2[nH]cc(C[C@H](N)C(=O)O)c2c1[N+](=O)[O-]. The summed E-state index contributed by atoms with van der Waals surface area (Å²) in [5.41, 5.74) is 6.85. The number of fused-ring (bicyclic) bond motifs is 1. The monoisotopic (exact) mass is 275 g/mol. The number of nitro groups is 1. The van der Waals surface area contributed by atoms with Crippen LogP contribution in [0.15, 0.2) is 24.9 Å². The molecule has 0 amide bonds. The van der Waals surface area contributed by atoms with Crippen molar-refractivity contribution in [2.24, 2.45) is 5.73 Å². The van der Waals surface area contributed by atoms with Crippen LogP contribution in [0.3, 0.4) is 0 Å². The molecule has 1 atom stereocenters. The zero-order chi connectivity index (χ0) is 14.9. The van der Waals surface area contributed by atoms with Crippen molar-refractivity contribution in [1.29, 1.82) is 0 Å². The highest BCUT2D eigenvalue weighted by Crippen LogP contribution is 2.33. The van der Waals surface area contributed by atoms with Gasteiger partial charge in [-0.15, -0.1) is 0 Å². The molecule has 0 aliphatic carbocycles. The van der Waals surface area contributed by atoms with Crippen molar-refractivity contribution in [3.63, 3.8) is 0 Å². The van der Waals surface area contributed by atoms with Gasteiger partial charge in [-0.3, -0.25) is 14.9 Å². The quantitative estimate of drug-likeness (QED) is 0.566. The molecule has 1 aromatic heterocycles. The fraction of sp³-hybridized carbons (Fsp3) is 0.154. The summed E-state index contributed by atoms with van der Waals surface area (Å²) in [6.45, 7) is 3.55. The average Bonchev–Trinajstić information content (AvgIpc) is 2.80. The van der Waals surface area contributed by atoms with E-state index in [1.165, 1.54) is 6.08 Å². The maximum atomic E-state index is 11.3. The first kappa shape index (κ1) is 13.8. The van der Waals surface area contributed by atoms with E-state index in [9.17, 15) is 14.9 Å². The van der Waals surface area contributed by atoms with Gasteiger partial charge in [-0.05, 0) is 17.7 Å². The van der Waals surface area contributed by atoms with Crippen LogP contribution in [0, 0.1) is 10.1 Å². The third-order valence-corrected chi connectivity index (χ3v) is 3.09. The van der Waals surface area contributed by atoms with Crippen molar-refractivity contribution < 1.29 is 14.8 Å². The second-order valence-corrected chi connectivity index (χ2v) is 4.35. The summed E-state index contributed by atoms with van der Waals surface area (Å²) in [6.07, 6.45) is 2.95. The normalized spacial score (nSPS) is 12.2. The predicted octanol–water partition coefficient (Wildman–Crippen LogP) is 1.67. The molecule has 7 nitrogen and oxygen atoms in total. The van der Waals surface area contributed by atoms with Gasteiger partial charge in [0.05, 0.1) is 21.4 Å². The number of nitro benzene ring substituents is 1. The molecule has 0 aliphatic heterocycles. The summed E-state index contributed by atoms with van der Waals surface area (Å²) in [7, 11) is 0. The van der Waals surface area contributed by atoms with E-state index in [-0.39, 0.29) is 12.1 Å². The lowest BCUT2D eigenvalue weighted by Gasteiger charge is -2.06. The van der Waals surface area contributed by atoms with E-state index in [2.05, 4.69) is 11.6 Å². The molecule has 0 spiro atoms. The third kappa shape index (κ3) is 2.26. The number of aromatic amines is 1. The van der Waals surface area contributed by atoms with Crippen molar-refractivity contribution in [2.45, 2.75) is 12.5 Å². The van der Waals surface area contributed by atoms with Crippen LogP contribution in [-0.2, 0) is 11.2 Å². The van der Waals surface area contributed by atoms with Gasteiger partial charge in [-0.2, -0.15) is 0 Å². The zero-order valence-corrected chi connectivity index (χ0v) is 10.5. The molecule has 2 aromatic rings. The first-order valence-electron chi connectivity index (χ1n) is 5.84. The summed E-state index contributed by atoms with van der Waals surface area (Å²) >= 11 is 0. The lowest BCUT2D eigenvalue weighted by molar-refractivity contribution is -0.383. The second kappa shape index (κ2) is 5.14. The highest BCUT2D eigenvalue weighted by molar-refractivity contribution is 5.96. The molecule has 0 radical (unpaired) electrons. The van der Waals surface area contributed by atoms with E-state index >= 15 is 0 Å². The lowest BCUT2D eigenvalue weighted by atomic mass is 10.0. The van der Waals surface area contributed by atoms with Crippen molar-refractivity contribution in [1.82, 2.24) is 4.98 Å².